The number of primary sulfonamides is 1. The van der Waals surface area contributed by atoms with Gasteiger partial charge in [0.05, 0.1) is 10.9 Å². The molecule has 28 heavy (non-hydrogen) atoms. The van der Waals surface area contributed by atoms with Crippen LogP contribution in [0.3, 0.4) is 0 Å². The van der Waals surface area contributed by atoms with Gasteiger partial charge in [0.15, 0.2) is 0 Å². The van der Waals surface area contributed by atoms with Gasteiger partial charge in [-0.1, -0.05) is 6.07 Å². The highest BCUT2D eigenvalue weighted by Crippen LogP contribution is 2.19. The summed E-state index contributed by atoms with van der Waals surface area (Å²) in [5.74, 6) is 0.0579. The Morgan fingerprint density at radius 2 is 1.86 bits per heavy atom. The number of nitrogens with one attached hydrogen (secondary N) is 1. The van der Waals surface area contributed by atoms with Crippen LogP contribution in [0.1, 0.15) is 11.8 Å². The zero-order chi connectivity index (χ0) is 20.1. The first-order chi connectivity index (χ1) is 13.3. The molecule has 1 amide bonds. The van der Waals surface area contributed by atoms with Crippen molar-refractivity contribution in [3.63, 3.8) is 0 Å². The Morgan fingerprint density at radius 1 is 1.18 bits per heavy atom. The first kappa shape index (κ1) is 20.8. The molecule has 0 saturated carbocycles. The predicted molar refractivity (Wildman–Crippen MR) is 112 cm³/mol. The number of benzene rings is 1. The number of piperazine rings is 1. The van der Waals surface area contributed by atoms with Crippen LogP contribution in [-0.2, 0) is 21.2 Å². The number of nitrogens with two attached hydrogens (primary N) is 1. The van der Waals surface area contributed by atoms with Gasteiger partial charge in [-0.15, -0.1) is 11.3 Å². The molecule has 3 N–H and O–H groups in total. The molecular formula is C19H26N4O3S2. The maximum atomic E-state index is 12.4. The number of hydrogen-bond acceptors (Lipinski definition) is 6. The largest absolute Gasteiger partial charge is 0.369 e. The predicted octanol–water partition coefficient (Wildman–Crippen LogP) is 1.26. The van der Waals surface area contributed by atoms with Crippen molar-refractivity contribution in [2.75, 3.05) is 37.6 Å². The van der Waals surface area contributed by atoms with Gasteiger partial charge in [-0.05, 0) is 49.1 Å². The molecule has 1 aromatic carbocycles. The summed E-state index contributed by atoms with van der Waals surface area (Å²) in [7, 11) is -3.67. The highest BCUT2D eigenvalue weighted by Gasteiger charge is 2.25. The maximum absolute atomic E-state index is 12.4. The Labute approximate surface area is 170 Å². The van der Waals surface area contributed by atoms with Gasteiger partial charge < -0.3 is 10.2 Å². The second-order valence-corrected chi connectivity index (χ2v) is 9.45. The molecule has 2 aromatic rings. The molecule has 1 aromatic heterocycles. The van der Waals surface area contributed by atoms with E-state index in [1.54, 1.807) is 23.5 Å². The fourth-order valence-corrected chi connectivity index (χ4v) is 4.52. The summed E-state index contributed by atoms with van der Waals surface area (Å²) in [6, 6.07) is 10.5. The minimum atomic E-state index is -3.67. The molecular weight excluding hydrogens is 396 g/mol. The Morgan fingerprint density at radius 3 is 2.43 bits per heavy atom. The third kappa shape index (κ3) is 5.32. The molecule has 1 saturated heterocycles. The first-order valence-electron chi connectivity index (χ1n) is 9.26. The molecule has 7 nitrogen and oxygen atoms in total. The van der Waals surface area contributed by atoms with Crippen LogP contribution in [0.15, 0.2) is 46.7 Å². The maximum Gasteiger partial charge on any atom is 0.238 e. The SMILES string of the molecule is CC(C(=O)NCCc1cccs1)N1CCN(c2ccc(S(N)(=O)=O)cc2)CC1. The molecule has 0 bridgehead atoms. The number of carbonyl (C=O) groups is 1. The summed E-state index contributed by atoms with van der Waals surface area (Å²) in [6.45, 7) is 5.70. The van der Waals surface area contributed by atoms with Crippen LogP contribution in [0.5, 0.6) is 0 Å². The van der Waals surface area contributed by atoms with E-state index in [1.807, 2.05) is 18.4 Å². The van der Waals surface area contributed by atoms with Gasteiger partial charge in [0, 0.05) is 43.3 Å². The summed E-state index contributed by atoms with van der Waals surface area (Å²) >= 11 is 1.70. The molecule has 0 aliphatic carbocycles. The summed E-state index contributed by atoms with van der Waals surface area (Å²) in [5.41, 5.74) is 0.958. The smallest absolute Gasteiger partial charge is 0.238 e. The molecule has 152 valence electrons. The Kier molecular flexibility index (Phi) is 6.71. The van der Waals surface area contributed by atoms with Gasteiger partial charge in [0.25, 0.3) is 0 Å². The monoisotopic (exact) mass is 422 g/mol. The van der Waals surface area contributed by atoms with E-state index in [0.717, 1.165) is 38.3 Å². The summed E-state index contributed by atoms with van der Waals surface area (Å²) in [6.07, 6.45) is 0.860. The Balaban J connectivity index is 1.46. The van der Waals surface area contributed by atoms with Crippen molar-refractivity contribution in [1.82, 2.24) is 10.2 Å². The van der Waals surface area contributed by atoms with Crippen LogP contribution < -0.4 is 15.4 Å². The minimum absolute atomic E-state index is 0.0579. The van der Waals surface area contributed by atoms with E-state index < -0.39 is 10.0 Å². The van der Waals surface area contributed by atoms with Gasteiger partial charge >= 0.3 is 0 Å². The molecule has 3 rings (SSSR count). The molecule has 1 aliphatic heterocycles. The topological polar surface area (TPSA) is 95.7 Å². The standard InChI is InChI=1S/C19H26N4O3S2/c1-15(19(24)21-9-8-17-3-2-14-27-17)22-10-12-23(13-11-22)16-4-6-18(7-5-16)28(20,25)26/h2-7,14-15H,8-13H2,1H3,(H,21,24)(H2,20,25,26). The van der Waals surface area contributed by atoms with Crippen molar-refractivity contribution in [2.24, 2.45) is 5.14 Å². The van der Waals surface area contributed by atoms with E-state index in [0.29, 0.717) is 6.54 Å². The van der Waals surface area contributed by atoms with Crippen molar-refractivity contribution in [3.8, 4) is 0 Å². The van der Waals surface area contributed by atoms with Crippen molar-refractivity contribution >= 4 is 33.0 Å². The zero-order valence-corrected chi connectivity index (χ0v) is 17.5. The average Bonchev–Trinajstić information content (AvgIpc) is 3.20. The lowest BCUT2D eigenvalue weighted by Crippen LogP contribution is -2.54. The van der Waals surface area contributed by atoms with E-state index in [9.17, 15) is 13.2 Å². The number of nitrogens with zero attached hydrogens (tertiary/aromatic N) is 2. The third-order valence-electron chi connectivity index (χ3n) is 5.02. The summed E-state index contributed by atoms with van der Waals surface area (Å²) in [5, 5.41) is 10.2. The molecule has 1 aliphatic rings. The van der Waals surface area contributed by atoms with Crippen LogP contribution in [0.4, 0.5) is 5.69 Å². The lowest BCUT2D eigenvalue weighted by molar-refractivity contribution is -0.125. The van der Waals surface area contributed by atoms with E-state index in [1.165, 1.54) is 17.0 Å². The lowest BCUT2D eigenvalue weighted by atomic mass is 10.2. The molecule has 1 unspecified atom stereocenters. The minimum Gasteiger partial charge on any atom is -0.369 e. The van der Waals surface area contributed by atoms with Crippen LogP contribution >= 0.6 is 11.3 Å². The molecule has 9 heteroatoms. The zero-order valence-electron chi connectivity index (χ0n) is 15.9. The molecule has 1 atom stereocenters. The highest BCUT2D eigenvalue weighted by atomic mass is 32.2. The number of amides is 1. The summed E-state index contributed by atoms with van der Waals surface area (Å²) < 4.78 is 22.7. The second kappa shape index (κ2) is 9.04. The third-order valence-corrected chi connectivity index (χ3v) is 6.89. The molecule has 2 heterocycles. The first-order valence-corrected chi connectivity index (χ1v) is 11.7. The van der Waals surface area contributed by atoms with Gasteiger partial charge in [-0.25, -0.2) is 13.6 Å². The fraction of sp³-hybridized carbons (Fsp3) is 0.421. The van der Waals surface area contributed by atoms with Crippen LogP contribution in [-0.4, -0.2) is 58.0 Å². The number of rotatable bonds is 7. The fourth-order valence-electron chi connectivity index (χ4n) is 3.29. The lowest BCUT2D eigenvalue weighted by Gasteiger charge is -2.38. The van der Waals surface area contributed by atoms with Crippen molar-refractivity contribution in [2.45, 2.75) is 24.3 Å². The molecule has 0 radical (unpaired) electrons. The van der Waals surface area contributed by atoms with E-state index in [-0.39, 0.29) is 16.8 Å². The van der Waals surface area contributed by atoms with E-state index in [4.69, 9.17) is 5.14 Å². The van der Waals surface area contributed by atoms with Crippen molar-refractivity contribution < 1.29 is 13.2 Å². The van der Waals surface area contributed by atoms with Crippen LogP contribution in [0.25, 0.3) is 0 Å². The average molecular weight is 423 g/mol. The van der Waals surface area contributed by atoms with E-state index in [2.05, 4.69) is 21.2 Å². The Hall–Kier alpha value is -1.94. The number of sulfonamides is 1. The van der Waals surface area contributed by atoms with Gasteiger partial charge in [0.1, 0.15) is 0 Å². The Bertz CT molecular complexity index is 874. The molecule has 0 spiro atoms. The van der Waals surface area contributed by atoms with Gasteiger partial charge in [-0.2, -0.15) is 0 Å². The number of anilines is 1. The number of carbonyl (C=O) groups excluding carboxylic acids is 1. The van der Waals surface area contributed by atoms with E-state index >= 15 is 0 Å². The van der Waals surface area contributed by atoms with Crippen LogP contribution in [0, 0.1) is 0 Å². The number of hydrogen-bond donors (Lipinski definition) is 2. The van der Waals surface area contributed by atoms with Crippen LogP contribution in [0.2, 0.25) is 0 Å². The van der Waals surface area contributed by atoms with Crippen molar-refractivity contribution in [3.05, 3.63) is 46.7 Å². The highest BCUT2D eigenvalue weighted by molar-refractivity contribution is 7.89. The number of thiophene rings is 1. The second-order valence-electron chi connectivity index (χ2n) is 6.86. The van der Waals surface area contributed by atoms with Gasteiger partial charge in [-0.3, -0.25) is 9.69 Å². The van der Waals surface area contributed by atoms with Crippen molar-refractivity contribution in [1.29, 1.82) is 0 Å². The normalized spacial score (nSPS) is 16.7. The molecule has 1 fully saturated rings. The quantitative estimate of drug-likeness (QED) is 0.701. The summed E-state index contributed by atoms with van der Waals surface area (Å²) in [4.78, 5) is 18.2. The van der Waals surface area contributed by atoms with Gasteiger partial charge in [0.2, 0.25) is 15.9 Å².